The molecular formula is C19H13Br3N4. The molecule has 2 heterocycles. The van der Waals surface area contributed by atoms with Crippen LogP contribution in [0.3, 0.4) is 0 Å². The molecule has 0 bridgehead atoms. The van der Waals surface area contributed by atoms with Crippen molar-refractivity contribution in [3.63, 3.8) is 0 Å². The van der Waals surface area contributed by atoms with Crippen molar-refractivity contribution in [2.75, 3.05) is 5.01 Å². The third kappa shape index (κ3) is 3.75. The summed E-state index contributed by atoms with van der Waals surface area (Å²) in [5.74, 6) is 0.591. The molecule has 0 amide bonds. The summed E-state index contributed by atoms with van der Waals surface area (Å²) in [5, 5.41) is 6.76. The maximum atomic E-state index is 4.85. The van der Waals surface area contributed by atoms with Gasteiger partial charge in [-0.1, -0.05) is 56.1 Å². The molecule has 1 aliphatic heterocycles. The monoisotopic (exact) mass is 534 g/mol. The van der Waals surface area contributed by atoms with E-state index in [4.69, 9.17) is 5.10 Å². The third-order valence-electron chi connectivity index (χ3n) is 4.15. The van der Waals surface area contributed by atoms with Gasteiger partial charge in [0.2, 0.25) is 5.95 Å². The van der Waals surface area contributed by atoms with E-state index in [1.165, 1.54) is 5.56 Å². The Morgan fingerprint density at radius 3 is 1.96 bits per heavy atom. The Morgan fingerprint density at radius 2 is 1.35 bits per heavy atom. The molecular weight excluding hydrogens is 524 g/mol. The van der Waals surface area contributed by atoms with Crippen LogP contribution in [0.4, 0.5) is 5.95 Å². The first kappa shape index (κ1) is 17.8. The normalized spacial score (nSPS) is 16.7. The molecule has 0 unspecified atom stereocenters. The first-order valence-corrected chi connectivity index (χ1v) is 10.3. The molecule has 0 saturated carbocycles. The largest absolute Gasteiger partial charge is 0.246 e. The first-order chi connectivity index (χ1) is 12.6. The van der Waals surface area contributed by atoms with Crippen LogP contribution < -0.4 is 5.01 Å². The summed E-state index contributed by atoms with van der Waals surface area (Å²) < 4.78 is 2.95. The number of halogens is 3. The molecule has 4 rings (SSSR count). The first-order valence-electron chi connectivity index (χ1n) is 7.96. The van der Waals surface area contributed by atoms with Crippen molar-refractivity contribution in [2.24, 2.45) is 5.10 Å². The van der Waals surface area contributed by atoms with Crippen molar-refractivity contribution in [1.82, 2.24) is 9.97 Å². The molecule has 0 saturated heterocycles. The lowest BCUT2D eigenvalue weighted by Crippen LogP contribution is -2.20. The highest BCUT2D eigenvalue weighted by molar-refractivity contribution is 9.11. The summed E-state index contributed by atoms with van der Waals surface area (Å²) in [6.45, 7) is 0. The van der Waals surface area contributed by atoms with E-state index in [2.05, 4.69) is 82.0 Å². The average Bonchev–Trinajstić information content (AvgIpc) is 3.09. The van der Waals surface area contributed by atoms with Crippen LogP contribution in [0.15, 0.2) is 79.4 Å². The van der Waals surface area contributed by atoms with Crippen LogP contribution in [0.5, 0.6) is 0 Å². The van der Waals surface area contributed by atoms with Gasteiger partial charge in [-0.2, -0.15) is 5.10 Å². The van der Waals surface area contributed by atoms with E-state index in [1.54, 1.807) is 12.4 Å². The van der Waals surface area contributed by atoms with E-state index < -0.39 is 0 Å². The summed E-state index contributed by atoms with van der Waals surface area (Å²) in [7, 11) is 0. The van der Waals surface area contributed by atoms with E-state index in [0.29, 0.717) is 5.95 Å². The number of anilines is 1. The van der Waals surface area contributed by atoms with E-state index in [0.717, 1.165) is 31.1 Å². The minimum absolute atomic E-state index is 0.0583. The SMILES string of the molecule is Brc1ccc(C2=NN(c3ncc(Br)cn3)[C@@H](c3ccc(Br)cc3)C2)cc1. The van der Waals surface area contributed by atoms with Crippen LogP contribution in [0.1, 0.15) is 23.6 Å². The number of hydrogen-bond acceptors (Lipinski definition) is 4. The fourth-order valence-electron chi connectivity index (χ4n) is 2.88. The maximum Gasteiger partial charge on any atom is 0.246 e. The summed E-state index contributed by atoms with van der Waals surface area (Å²) in [4.78, 5) is 8.88. The zero-order valence-corrected chi connectivity index (χ0v) is 18.2. The Kier molecular flexibility index (Phi) is 5.20. The van der Waals surface area contributed by atoms with Crippen LogP contribution in [0, 0.1) is 0 Å². The smallest absolute Gasteiger partial charge is 0.223 e. The second kappa shape index (κ2) is 7.58. The van der Waals surface area contributed by atoms with Gasteiger partial charge in [-0.25, -0.2) is 15.0 Å². The standard InChI is InChI=1S/C19H13Br3N4/c20-14-5-1-12(2-6-14)17-9-18(13-3-7-15(21)8-4-13)26(25-17)19-23-10-16(22)11-24-19/h1-8,10-11,18H,9H2/t18-/m1/s1. The van der Waals surface area contributed by atoms with Crippen LogP contribution >= 0.6 is 47.8 Å². The minimum atomic E-state index is 0.0583. The van der Waals surface area contributed by atoms with E-state index >= 15 is 0 Å². The zero-order chi connectivity index (χ0) is 18.1. The predicted molar refractivity (Wildman–Crippen MR) is 114 cm³/mol. The van der Waals surface area contributed by atoms with Gasteiger partial charge in [-0.15, -0.1) is 0 Å². The van der Waals surface area contributed by atoms with Gasteiger partial charge in [0.15, 0.2) is 0 Å². The predicted octanol–water partition coefficient (Wildman–Crippen LogP) is 6.12. The maximum absolute atomic E-state index is 4.85. The number of hydrogen-bond donors (Lipinski definition) is 0. The lowest BCUT2D eigenvalue weighted by molar-refractivity contribution is 0.686. The second-order valence-corrected chi connectivity index (χ2v) is 8.62. The van der Waals surface area contributed by atoms with Crippen molar-refractivity contribution in [2.45, 2.75) is 12.5 Å². The van der Waals surface area contributed by atoms with Gasteiger partial charge in [-0.3, -0.25) is 0 Å². The van der Waals surface area contributed by atoms with Gasteiger partial charge in [-0.05, 0) is 51.3 Å². The Hall–Kier alpha value is -1.57. The summed E-state index contributed by atoms with van der Waals surface area (Å²) in [5.41, 5.74) is 3.31. The molecule has 1 atom stereocenters. The summed E-state index contributed by atoms with van der Waals surface area (Å²) in [6.07, 6.45) is 4.28. The van der Waals surface area contributed by atoms with Crippen molar-refractivity contribution in [3.05, 3.63) is 85.5 Å². The molecule has 26 heavy (non-hydrogen) atoms. The number of rotatable bonds is 3. The van der Waals surface area contributed by atoms with Gasteiger partial charge in [0.05, 0.1) is 16.2 Å². The van der Waals surface area contributed by atoms with E-state index in [9.17, 15) is 0 Å². The summed E-state index contributed by atoms with van der Waals surface area (Å²) >= 11 is 10.4. The zero-order valence-electron chi connectivity index (χ0n) is 13.5. The molecule has 0 spiro atoms. The third-order valence-corrected chi connectivity index (χ3v) is 5.62. The fourth-order valence-corrected chi connectivity index (χ4v) is 3.61. The topological polar surface area (TPSA) is 41.4 Å². The summed E-state index contributed by atoms with van der Waals surface area (Å²) in [6, 6.07) is 16.6. The molecule has 0 N–H and O–H groups in total. The van der Waals surface area contributed by atoms with Crippen molar-refractivity contribution >= 4 is 59.4 Å². The Balaban J connectivity index is 1.74. The van der Waals surface area contributed by atoms with Crippen LogP contribution in [-0.4, -0.2) is 15.7 Å². The fraction of sp³-hybridized carbons (Fsp3) is 0.105. The van der Waals surface area contributed by atoms with Gasteiger partial charge in [0.1, 0.15) is 0 Å². The molecule has 2 aromatic carbocycles. The van der Waals surface area contributed by atoms with Crippen LogP contribution in [0.2, 0.25) is 0 Å². The number of hydrazone groups is 1. The van der Waals surface area contributed by atoms with Gasteiger partial charge in [0.25, 0.3) is 0 Å². The Morgan fingerprint density at radius 1 is 0.769 bits per heavy atom. The molecule has 4 nitrogen and oxygen atoms in total. The Bertz CT molecular complexity index is 938. The second-order valence-electron chi connectivity index (χ2n) is 5.87. The van der Waals surface area contributed by atoms with Gasteiger partial charge < -0.3 is 0 Å². The molecule has 1 aromatic heterocycles. The van der Waals surface area contributed by atoms with Crippen molar-refractivity contribution < 1.29 is 0 Å². The number of nitrogens with zero attached hydrogens (tertiary/aromatic N) is 4. The Labute approximate surface area is 176 Å². The highest BCUT2D eigenvalue weighted by Gasteiger charge is 2.31. The minimum Gasteiger partial charge on any atom is -0.223 e. The van der Waals surface area contributed by atoms with Crippen molar-refractivity contribution in [1.29, 1.82) is 0 Å². The van der Waals surface area contributed by atoms with Gasteiger partial charge >= 0.3 is 0 Å². The van der Waals surface area contributed by atoms with Gasteiger partial charge in [0, 0.05) is 27.8 Å². The quantitative estimate of drug-likeness (QED) is 0.405. The van der Waals surface area contributed by atoms with Crippen LogP contribution in [0.25, 0.3) is 0 Å². The number of benzene rings is 2. The van der Waals surface area contributed by atoms with E-state index in [1.807, 2.05) is 29.3 Å². The molecule has 1 aliphatic rings. The van der Waals surface area contributed by atoms with Crippen LogP contribution in [-0.2, 0) is 0 Å². The highest BCUT2D eigenvalue weighted by atomic mass is 79.9. The van der Waals surface area contributed by atoms with E-state index in [-0.39, 0.29) is 6.04 Å². The molecule has 7 heteroatoms. The number of aromatic nitrogens is 2. The molecule has 130 valence electrons. The molecule has 3 aromatic rings. The lowest BCUT2D eigenvalue weighted by Gasteiger charge is -2.21. The molecule has 0 radical (unpaired) electrons. The molecule has 0 fully saturated rings. The average molecular weight is 537 g/mol. The van der Waals surface area contributed by atoms with Crippen molar-refractivity contribution in [3.8, 4) is 0 Å². The highest BCUT2D eigenvalue weighted by Crippen LogP contribution is 2.35. The lowest BCUT2D eigenvalue weighted by atomic mass is 9.99. The molecule has 0 aliphatic carbocycles.